The van der Waals surface area contributed by atoms with Crippen molar-refractivity contribution in [3.8, 4) is 0 Å². The monoisotopic (exact) mass is 567 g/mol. The van der Waals surface area contributed by atoms with Gasteiger partial charge in [-0.05, 0) is 42.8 Å². The fraction of sp³-hybridized carbons (Fsp3) is 0.357. The summed E-state index contributed by atoms with van der Waals surface area (Å²) in [5.41, 5.74) is 4.54. The quantitative estimate of drug-likeness (QED) is 0.423. The molecule has 9 nitrogen and oxygen atoms in total. The number of para-hydroxylation sites is 1. The number of piperazine rings is 1. The van der Waals surface area contributed by atoms with Gasteiger partial charge in [0.15, 0.2) is 0 Å². The maximum absolute atomic E-state index is 13.6. The molecule has 2 aromatic carbocycles. The molecule has 2 aliphatic rings. The second kappa shape index (κ2) is 11.8. The highest BCUT2D eigenvalue weighted by molar-refractivity contribution is 6.42. The van der Waals surface area contributed by atoms with Crippen LogP contribution in [0.3, 0.4) is 0 Å². The molecule has 0 saturated carbocycles. The first kappa shape index (κ1) is 27.2. The van der Waals surface area contributed by atoms with Gasteiger partial charge in [-0.2, -0.15) is 4.80 Å². The summed E-state index contributed by atoms with van der Waals surface area (Å²) in [5.74, 6) is -0.598. The number of esters is 1. The molecule has 11 heteroatoms. The summed E-state index contributed by atoms with van der Waals surface area (Å²) in [5, 5.41) is 16.7. The Balaban J connectivity index is 1.32. The molecular formula is C28H31Cl2N7O2. The number of anilines is 1. The molecule has 2 aliphatic heterocycles. The van der Waals surface area contributed by atoms with E-state index >= 15 is 0 Å². The van der Waals surface area contributed by atoms with Crippen LogP contribution in [0.5, 0.6) is 0 Å². The zero-order chi connectivity index (χ0) is 27.5. The van der Waals surface area contributed by atoms with E-state index in [4.69, 9.17) is 27.9 Å². The fourth-order valence-corrected chi connectivity index (χ4v) is 5.64. The molecule has 39 heavy (non-hydrogen) atoms. The third-order valence-electron chi connectivity index (χ3n) is 7.16. The molecule has 1 N–H and O–H groups in total. The van der Waals surface area contributed by atoms with Crippen molar-refractivity contribution in [2.75, 3.05) is 44.2 Å². The molecule has 1 fully saturated rings. The lowest BCUT2D eigenvalue weighted by atomic mass is 9.80. The van der Waals surface area contributed by atoms with Crippen LogP contribution >= 0.6 is 23.2 Å². The lowest BCUT2D eigenvalue weighted by molar-refractivity contribution is -0.139. The molecule has 1 atom stereocenters. The molecule has 0 amide bonds. The van der Waals surface area contributed by atoms with Crippen molar-refractivity contribution < 1.29 is 9.53 Å². The van der Waals surface area contributed by atoms with Crippen LogP contribution in [0.4, 0.5) is 5.69 Å². The van der Waals surface area contributed by atoms with Crippen LogP contribution in [0, 0.1) is 0 Å². The zero-order valence-corrected chi connectivity index (χ0v) is 23.7. The molecule has 3 heterocycles. The Hall–Kier alpha value is -3.40. The molecule has 204 valence electrons. The second-order valence-electron chi connectivity index (χ2n) is 9.68. The van der Waals surface area contributed by atoms with Gasteiger partial charge >= 0.3 is 5.97 Å². The van der Waals surface area contributed by atoms with Crippen LogP contribution in [0.1, 0.15) is 31.2 Å². The highest BCUT2D eigenvalue weighted by atomic mass is 35.5. The number of halogens is 2. The molecule has 0 bridgehead atoms. The number of benzene rings is 2. The van der Waals surface area contributed by atoms with E-state index in [1.807, 2.05) is 32.0 Å². The summed E-state index contributed by atoms with van der Waals surface area (Å²) in [6.07, 6.45) is 0. The predicted octanol–water partition coefficient (Wildman–Crippen LogP) is 4.27. The van der Waals surface area contributed by atoms with Crippen LogP contribution in [-0.4, -0.2) is 70.4 Å². The minimum absolute atomic E-state index is 0.276. The largest absolute Gasteiger partial charge is 0.461 e. The normalized spacial score (nSPS) is 18.4. The highest BCUT2D eigenvalue weighted by Crippen LogP contribution is 2.46. The van der Waals surface area contributed by atoms with Crippen molar-refractivity contribution in [3.05, 3.63) is 86.9 Å². The predicted molar refractivity (Wildman–Crippen MR) is 152 cm³/mol. The number of hydrogen-bond acceptors (Lipinski definition) is 8. The summed E-state index contributed by atoms with van der Waals surface area (Å²) in [6, 6.07) is 15.8. The van der Waals surface area contributed by atoms with Gasteiger partial charge < -0.3 is 15.0 Å². The van der Waals surface area contributed by atoms with Gasteiger partial charge in [0.2, 0.25) is 5.82 Å². The Morgan fingerprint density at radius 1 is 1.03 bits per heavy atom. The van der Waals surface area contributed by atoms with Crippen LogP contribution in [-0.2, 0) is 16.6 Å². The van der Waals surface area contributed by atoms with Crippen LogP contribution in [0.15, 0.2) is 65.5 Å². The van der Waals surface area contributed by atoms with E-state index < -0.39 is 11.9 Å². The van der Waals surface area contributed by atoms with Crippen molar-refractivity contribution in [3.63, 3.8) is 0 Å². The number of carbonyl (C=O) groups excluding carboxylic acids is 1. The number of rotatable bonds is 7. The molecule has 0 radical (unpaired) electrons. The van der Waals surface area contributed by atoms with Crippen LogP contribution in [0.25, 0.3) is 5.57 Å². The van der Waals surface area contributed by atoms with Gasteiger partial charge in [0, 0.05) is 61.3 Å². The Morgan fingerprint density at radius 3 is 2.46 bits per heavy atom. The molecule has 1 aromatic heterocycles. The van der Waals surface area contributed by atoms with Crippen LogP contribution < -0.4 is 10.2 Å². The van der Waals surface area contributed by atoms with Gasteiger partial charge in [0.1, 0.15) is 6.61 Å². The number of aromatic nitrogens is 4. The van der Waals surface area contributed by atoms with Gasteiger partial charge in [0.25, 0.3) is 0 Å². The van der Waals surface area contributed by atoms with E-state index in [0.29, 0.717) is 44.8 Å². The highest BCUT2D eigenvalue weighted by Gasteiger charge is 2.38. The molecular weight excluding hydrogens is 537 g/mol. The van der Waals surface area contributed by atoms with Crippen molar-refractivity contribution in [2.24, 2.45) is 7.05 Å². The number of dihydropyridines is 1. The Morgan fingerprint density at radius 2 is 1.77 bits per heavy atom. The topological polar surface area (TPSA) is 88.4 Å². The van der Waals surface area contributed by atoms with E-state index in [1.165, 1.54) is 10.5 Å². The average Bonchev–Trinajstić information content (AvgIpc) is 3.36. The van der Waals surface area contributed by atoms with E-state index in [1.54, 1.807) is 13.1 Å². The van der Waals surface area contributed by atoms with E-state index in [9.17, 15) is 4.79 Å². The zero-order valence-electron chi connectivity index (χ0n) is 22.2. The summed E-state index contributed by atoms with van der Waals surface area (Å²) in [6.45, 7) is 8.37. The lowest BCUT2D eigenvalue weighted by Crippen LogP contribution is -2.47. The number of nitrogens with zero attached hydrogens (tertiary/aromatic N) is 6. The maximum atomic E-state index is 13.6. The number of hydrogen-bond donors (Lipinski definition) is 1. The fourth-order valence-electron chi connectivity index (χ4n) is 5.22. The number of ether oxygens (including phenoxy) is 1. The smallest absolute Gasteiger partial charge is 0.336 e. The standard InChI is InChI=1S/C28H31Cl2N7O2/c1-18-23(27-32-34-35(3)33-27)25(21-10-7-11-22(29)26(21)30)24(19(2)31-18)28(38)39-17-16-36-12-14-37(15-13-36)20-8-5-4-6-9-20/h4-11,25,31H,12-17H2,1-3H3. The van der Waals surface area contributed by atoms with Crippen molar-refractivity contribution in [2.45, 2.75) is 19.8 Å². The second-order valence-corrected chi connectivity index (χ2v) is 10.5. The molecule has 0 spiro atoms. The lowest BCUT2D eigenvalue weighted by Gasteiger charge is -2.36. The number of aryl methyl sites for hydroxylation is 1. The molecule has 1 unspecified atom stereocenters. The number of carbonyl (C=O) groups is 1. The third kappa shape index (κ3) is 5.80. The summed E-state index contributed by atoms with van der Waals surface area (Å²) in [4.78, 5) is 19.7. The molecule has 5 rings (SSSR count). The van der Waals surface area contributed by atoms with Crippen LogP contribution in [0.2, 0.25) is 10.0 Å². The number of nitrogens with one attached hydrogen (secondary N) is 1. The Labute approximate surface area is 238 Å². The average molecular weight is 569 g/mol. The van der Waals surface area contributed by atoms with E-state index in [-0.39, 0.29) is 6.61 Å². The number of allylic oxidation sites excluding steroid dienone is 3. The van der Waals surface area contributed by atoms with E-state index in [0.717, 1.165) is 31.9 Å². The van der Waals surface area contributed by atoms with Crippen molar-refractivity contribution in [1.82, 2.24) is 30.4 Å². The first-order valence-corrected chi connectivity index (χ1v) is 13.7. The SMILES string of the molecule is CC1=C(C(=O)OCCN2CCN(c3ccccc3)CC2)C(c2cccc(Cl)c2Cl)C(c2nnn(C)n2)=C(C)N1. The van der Waals surface area contributed by atoms with Gasteiger partial charge in [0.05, 0.1) is 22.7 Å². The maximum Gasteiger partial charge on any atom is 0.336 e. The van der Waals surface area contributed by atoms with Crippen molar-refractivity contribution in [1.29, 1.82) is 0 Å². The number of tetrazole rings is 1. The Kier molecular flexibility index (Phi) is 8.20. The first-order chi connectivity index (χ1) is 18.8. The summed E-state index contributed by atoms with van der Waals surface area (Å²) >= 11 is 13.1. The van der Waals surface area contributed by atoms with Gasteiger partial charge in [-0.15, -0.1) is 10.2 Å². The first-order valence-electron chi connectivity index (χ1n) is 12.9. The van der Waals surface area contributed by atoms with Crippen molar-refractivity contribution >= 4 is 40.4 Å². The summed E-state index contributed by atoms with van der Waals surface area (Å²) < 4.78 is 5.86. The minimum atomic E-state index is -0.580. The van der Waals surface area contributed by atoms with Gasteiger partial charge in [-0.1, -0.05) is 53.5 Å². The summed E-state index contributed by atoms with van der Waals surface area (Å²) in [7, 11) is 1.69. The third-order valence-corrected chi connectivity index (χ3v) is 7.99. The molecule has 1 saturated heterocycles. The molecule has 3 aromatic rings. The minimum Gasteiger partial charge on any atom is -0.461 e. The Bertz CT molecular complexity index is 1410. The molecule has 0 aliphatic carbocycles. The van der Waals surface area contributed by atoms with E-state index in [2.05, 4.69) is 54.8 Å². The van der Waals surface area contributed by atoms with Gasteiger partial charge in [-0.25, -0.2) is 4.79 Å². The van der Waals surface area contributed by atoms with Gasteiger partial charge in [-0.3, -0.25) is 4.90 Å².